The lowest BCUT2D eigenvalue weighted by Gasteiger charge is -2.09. The molecule has 0 aliphatic heterocycles. The number of amides is 2. The number of benzene rings is 2. The van der Waals surface area contributed by atoms with Gasteiger partial charge in [-0.1, -0.05) is 27.5 Å². The van der Waals surface area contributed by atoms with Crippen LogP contribution in [-0.4, -0.2) is 35.9 Å². The minimum atomic E-state index is -0.844. The van der Waals surface area contributed by atoms with Gasteiger partial charge in [0, 0.05) is 21.8 Å². The van der Waals surface area contributed by atoms with E-state index in [1.807, 2.05) is 6.92 Å². The molecule has 0 bridgehead atoms. The molecule has 2 aromatic rings. The van der Waals surface area contributed by atoms with Crippen molar-refractivity contribution in [1.29, 1.82) is 0 Å². The molecule has 2 aromatic carbocycles. The maximum atomic E-state index is 12.0. The molecular formula is C18H15BrClN3O6. The summed E-state index contributed by atoms with van der Waals surface area (Å²) in [6, 6.07) is 8.69. The largest absolute Gasteiger partial charge is 0.454 e. The van der Waals surface area contributed by atoms with E-state index in [1.54, 1.807) is 18.2 Å². The van der Waals surface area contributed by atoms with E-state index in [4.69, 9.17) is 16.3 Å². The molecule has 0 radical (unpaired) electrons. The predicted octanol–water partition coefficient (Wildman–Crippen LogP) is 3.23. The van der Waals surface area contributed by atoms with Gasteiger partial charge in [0.25, 0.3) is 17.5 Å². The van der Waals surface area contributed by atoms with Crippen LogP contribution in [0.2, 0.25) is 5.02 Å². The van der Waals surface area contributed by atoms with Crippen LogP contribution in [0.3, 0.4) is 0 Å². The molecule has 0 aliphatic rings. The van der Waals surface area contributed by atoms with Crippen LogP contribution >= 0.6 is 27.5 Å². The molecule has 0 unspecified atom stereocenters. The van der Waals surface area contributed by atoms with Gasteiger partial charge in [0.15, 0.2) is 6.61 Å². The molecule has 2 amide bonds. The molecular weight excluding hydrogens is 470 g/mol. The number of aryl methyl sites for hydroxylation is 1. The van der Waals surface area contributed by atoms with Crippen LogP contribution in [0.4, 0.5) is 11.4 Å². The van der Waals surface area contributed by atoms with Crippen molar-refractivity contribution in [2.24, 2.45) is 0 Å². The molecule has 0 aliphatic carbocycles. The maximum absolute atomic E-state index is 12.0. The molecule has 2 N–H and O–H groups in total. The molecule has 2 rings (SSSR count). The molecule has 9 nitrogen and oxygen atoms in total. The Morgan fingerprint density at radius 3 is 2.59 bits per heavy atom. The fraction of sp³-hybridized carbons (Fsp3) is 0.167. The van der Waals surface area contributed by atoms with Crippen LogP contribution in [-0.2, 0) is 14.3 Å². The SMILES string of the molecule is Cc1cc(NC(=O)COC(=O)CNC(=O)c2ccc(Cl)c([N+](=O)[O-])c2)ccc1Br. The summed E-state index contributed by atoms with van der Waals surface area (Å²) in [6.07, 6.45) is 0. The first-order chi connectivity index (χ1) is 13.7. The second-order valence-electron chi connectivity index (χ2n) is 5.78. The highest BCUT2D eigenvalue weighted by Gasteiger charge is 2.17. The molecule has 0 saturated heterocycles. The number of halogens is 2. The number of carbonyl (C=O) groups is 3. The normalized spacial score (nSPS) is 10.2. The number of ether oxygens (including phenoxy) is 1. The zero-order valence-electron chi connectivity index (χ0n) is 15.0. The number of nitrogens with zero attached hydrogens (tertiary/aromatic N) is 1. The van der Waals surface area contributed by atoms with Crippen molar-refractivity contribution in [1.82, 2.24) is 5.32 Å². The topological polar surface area (TPSA) is 128 Å². The predicted molar refractivity (Wildman–Crippen MR) is 109 cm³/mol. The number of esters is 1. The van der Waals surface area contributed by atoms with Gasteiger partial charge in [-0.05, 0) is 42.8 Å². The molecule has 0 fully saturated rings. The minimum Gasteiger partial charge on any atom is -0.454 e. The first-order valence-electron chi connectivity index (χ1n) is 8.11. The summed E-state index contributed by atoms with van der Waals surface area (Å²) in [5.74, 6) is -2.11. The highest BCUT2D eigenvalue weighted by Crippen LogP contribution is 2.25. The Bertz CT molecular complexity index is 982. The third-order valence-corrected chi connectivity index (χ3v) is 4.81. The summed E-state index contributed by atoms with van der Waals surface area (Å²) in [5.41, 5.74) is 0.994. The van der Waals surface area contributed by atoms with Crippen LogP contribution in [0, 0.1) is 17.0 Å². The van der Waals surface area contributed by atoms with Crippen molar-refractivity contribution in [2.75, 3.05) is 18.5 Å². The van der Waals surface area contributed by atoms with Crippen molar-refractivity contribution in [2.45, 2.75) is 6.92 Å². The van der Waals surface area contributed by atoms with Crippen molar-refractivity contribution in [3.63, 3.8) is 0 Å². The summed E-state index contributed by atoms with van der Waals surface area (Å²) in [7, 11) is 0. The van der Waals surface area contributed by atoms with Crippen LogP contribution in [0.1, 0.15) is 15.9 Å². The number of anilines is 1. The second-order valence-corrected chi connectivity index (χ2v) is 7.04. The van der Waals surface area contributed by atoms with Crippen molar-refractivity contribution < 1.29 is 24.0 Å². The average molecular weight is 485 g/mol. The minimum absolute atomic E-state index is 0.0442. The molecule has 0 spiro atoms. The molecule has 152 valence electrons. The monoisotopic (exact) mass is 483 g/mol. The molecule has 0 aromatic heterocycles. The lowest BCUT2D eigenvalue weighted by molar-refractivity contribution is -0.384. The van der Waals surface area contributed by atoms with Gasteiger partial charge in [-0.15, -0.1) is 0 Å². The maximum Gasteiger partial charge on any atom is 0.325 e. The summed E-state index contributed by atoms with van der Waals surface area (Å²) < 4.78 is 5.69. The van der Waals surface area contributed by atoms with Gasteiger partial charge >= 0.3 is 5.97 Å². The standard InChI is InChI=1S/C18H15BrClN3O6/c1-10-6-12(3-4-13(10)19)22-16(24)9-29-17(25)8-21-18(26)11-2-5-14(20)15(7-11)23(27)28/h2-7H,8-9H2,1H3,(H,21,26)(H,22,24). The first kappa shape index (κ1) is 22.3. The van der Waals surface area contributed by atoms with Gasteiger partial charge in [0.1, 0.15) is 11.6 Å². The molecule has 11 heteroatoms. The summed E-state index contributed by atoms with van der Waals surface area (Å²) in [5, 5.41) is 15.6. The lowest BCUT2D eigenvalue weighted by Crippen LogP contribution is -2.32. The fourth-order valence-electron chi connectivity index (χ4n) is 2.16. The van der Waals surface area contributed by atoms with Gasteiger partial charge in [-0.2, -0.15) is 0 Å². The van der Waals surface area contributed by atoms with E-state index in [-0.39, 0.29) is 10.6 Å². The number of hydrogen-bond acceptors (Lipinski definition) is 6. The third-order valence-electron chi connectivity index (χ3n) is 3.60. The zero-order chi connectivity index (χ0) is 21.6. The van der Waals surface area contributed by atoms with E-state index in [0.717, 1.165) is 16.1 Å². The Morgan fingerprint density at radius 2 is 1.93 bits per heavy atom. The molecule has 0 heterocycles. The summed E-state index contributed by atoms with van der Waals surface area (Å²) in [4.78, 5) is 45.7. The number of nitro benzene ring substituents is 1. The van der Waals surface area contributed by atoms with Crippen molar-refractivity contribution in [3.8, 4) is 0 Å². The zero-order valence-corrected chi connectivity index (χ0v) is 17.4. The summed E-state index contributed by atoms with van der Waals surface area (Å²) >= 11 is 9.03. The van der Waals surface area contributed by atoms with Gasteiger partial charge in [0.2, 0.25) is 0 Å². The number of hydrogen-bond donors (Lipinski definition) is 2. The quantitative estimate of drug-likeness (QED) is 0.353. The van der Waals surface area contributed by atoms with E-state index >= 15 is 0 Å². The highest BCUT2D eigenvalue weighted by molar-refractivity contribution is 9.10. The Balaban J connectivity index is 1.81. The Kier molecular flexibility index (Phi) is 7.68. The van der Waals surface area contributed by atoms with E-state index in [9.17, 15) is 24.5 Å². The lowest BCUT2D eigenvalue weighted by atomic mass is 10.2. The Labute approximate surface area is 178 Å². The Morgan fingerprint density at radius 1 is 1.21 bits per heavy atom. The van der Waals surface area contributed by atoms with Crippen molar-refractivity contribution in [3.05, 3.63) is 67.1 Å². The Hall–Kier alpha value is -2.98. The van der Waals surface area contributed by atoms with Gasteiger partial charge < -0.3 is 15.4 Å². The van der Waals surface area contributed by atoms with Crippen LogP contribution in [0.5, 0.6) is 0 Å². The average Bonchev–Trinajstić information content (AvgIpc) is 2.67. The second kappa shape index (κ2) is 9.99. The van der Waals surface area contributed by atoms with Gasteiger partial charge in [-0.3, -0.25) is 24.5 Å². The van der Waals surface area contributed by atoms with Crippen LogP contribution < -0.4 is 10.6 Å². The number of carbonyl (C=O) groups excluding carboxylic acids is 3. The van der Waals surface area contributed by atoms with Crippen LogP contribution in [0.15, 0.2) is 40.9 Å². The summed E-state index contributed by atoms with van der Waals surface area (Å²) in [6.45, 7) is 0.813. The molecule has 0 atom stereocenters. The van der Waals surface area contributed by atoms with Crippen molar-refractivity contribution >= 4 is 56.7 Å². The van der Waals surface area contributed by atoms with Gasteiger partial charge in [0.05, 0.1) is 4.92 Å². The number of nitrogens with one attached hydrogen (secondary N) is 2. The number of rotatable bonds is 7. The first-order valence-corrected chi connectivity index (χ1v) is 9.28. The van der Waals surface area contributed by atoms with E-state index in [0.29, 0.717) is 5.69 Å². The molecule has 0 saturated carbocycles. The smallest absolute Gasteiger partial charge is 0.325 e. The number of nitro groups is 1. The molecule has 29 heavy (non-hydrogen) atoms. The van der Waals surface area contributed by atoms with Crippen LogP contribution in [0.25, 0.3) is 0 Å². The van der Waals surface area contributed by atoms with E-state index in [2.05, 4.69) is 26.6 Å². The fourth-order valence-corrected chi connectivity index (χ4v) is 2.60. The third kappa shape index (κ3) is 6.54. The van der Waals surface area contributed by atoms with E-state index < -0.39 is 41.5 Å². The van der Waals surface area contributed by atoms with E-state index in [1.165, 1.54) is 12.1 Å². The highest BCUT2D eigenvalue weighted by atomic mass is 79.9. The van der Waals surface area contributed by atoms with Gasteiger partial charge in [-0.25, -0.2) is 0 Å².